The van der Waals surface area contributed by atoms with Gasteiger partial charge in [-0.15, -0.1) is 0 Å². The summed E-state index contributed by atoms with van der Waals surface area (Å²) in [6.45, 7) is 7.78. The van der Waals surface area contributed by atoms with E-state index in [1.54, 1.807) is 0 Å². The third kappa shape index (κ3) is 4.92. The molecule has 0 aliphatic carbocycles. The molecule has 0 amide bonds. The molecular weight excluding hydrogens is 232 g/mol. The van der Waals surface area contributed by atoms with Crippen LogP contribution in [0, 0.1) is 11.3 Å². The summed E-state index contributed by atoms with van der Waals surface area (Å²) in [6.07, 6.45) is 2.70. The maximum Gasteiger partial charge on any atom is 0.320 e. The maximum absolute atomic E-state index is 10.6. The molecule has 1 heterocycles. The fourth-order valence-corrected chi connectivity index (χ4v) is 2.41. The Morgan fingerprint density at radius 1 is 1.50 bits per heavy atom. The van der Waals surface area contributed by atoms with Gasteiger partial charge in [0.2, 0.25) is 0 Å². The summed E-state index contributed by atoms with van der Waals surface area (Å²) in [5.74, 6) is -0.257. The lowest BCUT2D eigenvalue weighted by molar-refractivity contribution is -0.138. The molecule has 1 aliphatic heterocycles. The summed E-state index contributed by atoms with van der Waals surface area (Å²) in [7, 11) is 0. The predicted molar refractivity (Wildman–Crippen MR) is 70.4 cm³/mol. The monoisotopic (exact) mass is 258 g/mol. The van der Waals surface area contributed by atoms with Crippen LogP contribution in [0.1, 0.15) is 33.1 Å². The molecule has 1 aliphatic rings. The van der Waals surface area contributed by atoms with Gasteiger partial charge in [0.05, 0.1) is 0 Å². The number of hydrogen-bond donors (Lipinski definition) is 3. The van der Waals surface area contributed by atoms with E-state index < -0.39 is 12.0 Å². The van der Waals surface area contributed by atoms with E-state index in [9.17, 15) is 4.79 Å². The Morgan fingerprint density at radius 3 is 2.67 bits per heavy atom. The van der Waals surface area contributed by atoms with Gasteiger partial charge in [-0.25, -0.2) is 0 Å². The highest BCUT2D eigenvalue weighted by Crippen LogP contribution is 2.33. The van der Waals surface area contributed by atoms with Gasteiger partial charge in [-0.2, -0.15) is 0 Å². The van der Waals surface area contributed by atoms with Crippen LogP contribution in [-0.2, 0) is 9.53 Å². The van der Waals surface area contributed by atoms with E-state index in [2.05, 4.69) is 19.2 Å². The molecule has 18 heavy (non-hydrogen) atoms. The van der Waals surface area contributed by atoms with Crippen molar-refractivity contribution in [1.29, 1.82) is 0 Å². The van der Waals surface area contributed by atoms with Crippen LogP contribution in [0.4, 0.5) is 0 Å². The van der Waals surface area contributed by atoms with Crippen molar-refractivity contribution in [2.75, 3.05) is 26.3 Å². The third-order valence-electron chi connectivity index (χ3n) is 3.86. The van der Waals surface area contributed by atoms with E-state index in [0.717, 1.165) is 32.6 Å². The zero-order valence-corrected chi connectivity index (χ0v) is 11.4. The van der Waals surface area contributed by atoms with E-state index in [1.165, 1.54) is 0 Å². The van der Waals surface area contributed by atoms with Crippen molar-refractivity contribution in [3.63, 3.8) is 0 Å². The molecule has 0 bridgehead atoms. The molecule has 5 heteroatoms. The van der Waals surface area contributed by atoms with Crippen LogP contribution in [0.3, 0.4) is 0 Å². The Kier molecular flexibility index (Phi) is 6.05. The first kappa shape index (κ1) is 15.4. The average Bonchev–Trinajstić information content (AvgIpc) is 2.35. The fourth-order valence-electron chi connectivity index (χ4n) is 2.41. The lowest BCUT2D eigenvalue weighted by Crippen LogP contribution is -2.40. The largest absolute Gasteiger partial charge is 0.480 e. The lowest BCUT2D eigenvalue weighted by atomic mass is 9.74. The quantitative estimate of drug-likeness (QED) is 0.589. The summed E-state index contributed by atoms with van der Waals surface area (Å²) >= 11 is 0. The SMILES string of the molecule is CC(C)(CNCCC(N)C(=O)O)C1CCOCC1. The van der Waals surface area contributed by atoms with Crippen molar-refractivity contribution in [3.05, 3.63) is 0 Å². The summed E-state index contributed by atoms with van der Waals surface area (Å²) in [5, 5.41) is 12.0. The van der Waals surface area contributed by atoms with Crippen molar-refractivity contribution in [1.82, 2.24) is 5.32 Å². The number of carbonyl (C=O) groups is 1. The van der Waals surface area contributed by atoms with Crippen molar-refractivity contribution >= 4 is 5.97 Å². The molecule has 0 aromatic rings. The fraction of sp³-hybridized carbons (Fsp3) is 0.923. The van der Waals surface area contributed by atoms with Gasteiger partial charge in [-0.1, -0.05) is 13.8 Å². The minimum atomic E-state index is -0.930. The second-order valence-corrected chi connectivity index (χ2v) is 5.79. The van der Waals surface area contributed by atoms with Crippen LogP contribution in [0.25, 0.3) is 0 Å². The predicted octanol–water partition coefficient (Wildman–Crippen LogP) is 0.831. The van der Waals surface area contributed by atoms with Crippen LogP contribution < -0.4 is 11.1 Å². The molecule has 0 saturated carbocycles. The molecule has 106 valence electrons. The normalized spacial score (nSPS) is 19.7. The minimum Gasteiger partial charge on any atom is -0.480 e. The molecule has 1 fully saturated rings. The van der Waals surface area contributed by atoms with Crippen molar-refractivity contribution in [2.45, 2.75) is 39.2 Å². The molecule has 1 saturated heterocycles. The number of ether oxygens (including phenoxy) is 1. The molecule has 0 radical (unpaired) electrons. The standard InChI is InChI=1S/C13H26N2O3/c1-13(2,10-4-7-18-8-5-10)9-15-6-3-11(14)12(16)17/h10-11,15H,3-9,14H2,1-2H3,(H,16,17). The number of aliphatic carboxylic acids is 1. The van der Waals surface area contributed by atoms with Gasteiger partial charge in [0.25, 0.3) is 0 Å². The summed E-state index contributed by atoms with van der Waals surface area (Å²) in [4.78, 5) is 10.6. The number of carboxylic acids is 1. The number of nitrogens with one attached hydrogen (secondary N) is 1. The Balaban J connectivity index is 2.22. The van der Waals surface area contributed by atoms with Crippen molar-refractivity contribution in [3.8, 4) is 0 Å². The van der Waals surface area contributed by atoms with Gasteiger partial charge in [0.15, 0.2) is 0 Å². The van der Waals surface area contributed by atoms with Gasteiger partial charge in [-0.05, 0) is 37.1 Å². The Morgan fingerprint density at radius 2 is 2.11 bits per heavy atom. The van der Waals surface area contributed by atoms with Gasteiger partial charge in [-0.3, -0.25) is 4.79 Å². The Hall–Kier alpha value is -0.650. The van der Waals surface area contributed by atoms with Crippen LogP contribution >= 0.6 is 0 Å². The van der Waals surface area contributed by atoms with Gasteiger partial charge in [0.1, 0.15) is 6.04 Å². The summed E-state index contributed by atoms with van der Waals surface area (Å²) < 4.78 is 5.38. The second-order valence-electron chi connectivity index (χ2n) is 5.79. The van der Waals surface area contributed by atoms with E-state index in [0.29, 0.717) is 18.9 Å². The van der Waals surface area contributed by atoms with Gasteiger partial charge < -0.3 is 20.9 Å². The Labute approximate surface area is 109 Å². The number of carboxylic acid groups (broad SMARTS) is 1. The number of nitrogens with two attached hydrogens (primary N) is 1. The highest BCUT2D eigenvalue weighted by atomic mass is 16.5. The molecule has 5 nitrogen and oxygen atoms in total. The highest BCUT2D eigenvalue weighted by Gasteiger charge is 2.30. The molecule has 1 unspecified atom stereocenters. The van der Waals surface area contributed by atoms with Crippen LogP contribution in [-0.4, -0.2) is 43.4 Å². The average molecular weight is 258 g/mol. The lowest BCUT2D eigenvalue weighted by Gasteiger charge is -2.37. The van der Waals surface area contributed by atoms with Crippen LogP contribution in [0.5, 0.6) is 0 Å². The first-order valence-electron chi connectivity index (χ1n) is 6.70. The van der Waals surface area contributed by atoms with Crippen molar-refractivity contribution in [2.24, 2.45) is 17.1 Å². The highest BCUT2D eigenvalue weighted by molar-refractivity contribution is 5.72. The van der Waals surface area contributed by atoms with Gasteiger partial charge in [0, 0.05) is 19.8 Å². The van der Waals surface area contributed by atoms with E-state index >= 15 is 0 Å². The topological polar surface area (TPSA) is 84.6 Å². The van der Waals surface area contributed by atoms with Crippen LogP contribution in [0.2, 0.25) is 0 Å². The summed E-state index contributed by atoms with van der Waals surface area (Å²) in [6, 6.07) is -0.760. The summed E-state index contributed by atoms with van der Waals surface area (Å²) in [5.41, 5.74) is 5.67. The van der Waals surface area contributed by atoms with Crippen molar-refractivity contribution < 1.29 is 14.6 Å². The van der Waals surface area contributed by atoms with E-state index in [-0.39, 0.29) is 5.41 Å². The van der Waals surface area contributed by atoms with E-state index in [4.69, 9.17) is 15.6 Å². The van der Waals surface area contributed by atoms with E-state index in [1.807, 2.05) is 0 Å². The second kappa shape index (κ2) is 7.07. The smallest absolute Gasteiger partial charge is 0.320 e. The first-order valence-corrected chi connectivity index (χ1v) is 6.70. The molecule has 0 aromatic heterocycles. The number of rotatable bonds is 7. The zero-order valence-electron chi connectivity index (χ0n) is 11.4. The maximum atomic E-state index is 10.6. The van der Waals surface area contributed by atoms with Gasteiger partial charge >= 0.3 is 5.97 Å². The third-order valence-corrected chi connectivity index (χ3v) is 3.86. The Bertz CT molecular complexity index is 263. The molecule has 1 rings (SSSR count). The molecule has 4 N–H and O–H groups in total. The molecule has 0 aromatic carbocycles. The zero-order chi connectivity index (χ0) is 13.6. The molecule has 0 spiro atoms. The minimum absolute atomic E-state index is 0.219. The van der Waals surface area contributed by atoms with Crippen LogP contribution in [0.15, 0.2) is 0 Å². The number of hydrogen-bond acceptors (Lipinski definition) is 4. The molecular formula is C13H26N2O3. The molecule has 1 atom stereocenters. The first-order chi connectivity index (χ1) is 8.43.